The number of carbonyl (C=O) groups is 1. The van der Waals surface area contributed by atoms with Gasteiger partial charge in [-0.3, -0.25) is 10.1 Å². The molecule has 1 saturated heterocycles. The van der Waals surface area contributed by atoms with Crippen LogP contribution in [0.25, 0.3) is 0 Å². The Bertz CT molecular complexity index is 1090. The molecule has 0 bridgehead atoms. The Balaban J connectivity index is 1.30. The van der Waals surface area contributed by atoms with Crippen molar-refractivity contribution in [1.82, 2.24) is 10.2 Å². The highest BCUT2D eigenvalue weighted by atomic mass is 16.6. The molecule has 5 rings (SSSR count). The molecule has 5 nitrogen and oxygen atoms in total. The second-order valence-electron chi connectivity index (χ2n) is 9.31. The number of benzene rings is 3. The van der Waals surface area contributed by atoms with Crippen LogP contribution in [0, 0.1) is 0 Å². The lowest BCUT2D eigenvalue weighted by molar-refractivity contribution is -0.164. The number of ether oxygens (including phenoxy) is 1. The smallest absolute Gasteiger partial charge is 0.303 e. The number of nitrogens with one attached hydrogen (secondary N) is 1. The number of esters is 1. The van der Waals surface area contributed by atoms with Gasteiger partial charge in [-0.2, -0.15) is 0 Å². The van der Waals surface area contributed by atoms with E-state index in [1.165, 1.54) is 23.7 Å². The van der Waals surface area contributed by atoms with Crippen LogP contribution >= 0.6 is 0 Å². The molecule has 0 saturated carbocycles. The summed E-state index contributed by atoms with van der Waals surface area (Å²) in [5, 5.41) is 3.74. The maximum absolute atomic E-state index is 11.9. The van der Waals surface area contributed by atoms with Gasteiger partial charge < -0.3 is 14.5 Å². The van der Waals surface area contributed by atoms with Crippen LogP contribution in [0.15, 0.2) is 84.9 Å². The predicted molar refractivity (Wildman–Crippen MR) is 135 cm³/mol. The summed E-state index contributed by atoms with van der Waals surface area (Å²) in [6, 6.07) is 29.6. The maximum Gasteiger partial charge on any atom is 0.303 e. The minimum Gasteiger partial charge on any atom is -0.454 e. The van der Waals surface area contributed by atoms with Crippen LogP contribution in [0.2, 0.25) is 0 Å². The zero-order valence-corrected chi connectivity index (χ0v) is 19.8. The minimum atomic E-state index is -0.518. The first-order valence-electron chi connectivity index (χ1n) is 12.2. The number of nitrogens with zero attached hydrogens (tertiary/aromatic N) is 2. The van der Waals surface area contributed by atoms with Crippen molar-refractivity contribution in [3.8, 4) is 0 Å². The van der Waals surface area contributed by atoms with E-state index < -0.39 is 5.60 Å². The van der Waals surface area contributed by atoms with E-state index in [4.69, 9.17) is 4.74 Å². The summed E-state index contributed by atoms with van der Waals surface area (Å²) < 4.78 is 5.94. The van der Waals surface area contributed by atoms with Crippen molar-refractivity contribution in [2.24, 2.45) is 0 Å². The monoisotopic (exact) mass is 455 g/mol. The lowest BCUT2D eigenvalue weighted by Crippen LogP contribution is -2.49. The molecule has 2 aliphatic rings. The van der Waals surface area contributed by atoms with Crippen LogP contribution in [0.1, 0.15) is 42.6 Å². The molecule has 3 aromatic carbocycles. The molecule has 0 aromatic heterocycles. The molecule has 3 aromatic rings. The summed E-state index contributed by atoms with van der Waals surface area (Å²) >= 11 is 0. The van der Waals surface area contributed by atoms with Crippen molar-refractivity contribution in [2.45, 2.75) is 38.1 Å². The number of fused-ring (bicyclic) bond motifs is 1. The Hall–Kier alpha value is -3.15. The molecule has 0 aliphatic carbocycles. The molecule has 34 heavy (non-hydrogen) atoms. The van der Waals surface area contributed by atoms with Crippen molar-refractivity contribution in [1.29, 1.82) is 0 Å². The van der Waals surface area contributed by atoms with Crippen molar-refractivity contribution in [3.05, 3.63) is 102 Å². The van der Waals surface area contributed by atoms with E-state index >= 15 is 0 Å². The highest BCUT2D eigenvalue weighted by molar-refractivity contribution is 5.67. The second-order valence-corrected chi connectivity index (χ2v) is 9.31. The average molecular weight is 456 g/mol. The number of carbonyl (C=O) groups excluding carboxylic acids is 1. The zero-order chi connectivity index (χ0) is 23.4. The zero-order valence-electron chi connectivity index (χ0n) is 19.8. The van der Waals surface area contributed by atoms with E-state index in [2.05, 4.69) is 81.8 Å². The maximum atomic E-state index is 11.9. The van der Waals surface area contributed by atoms with E-state index in [1.54, 1.807) is 0 Å². The lowest BCUT2D eigenvalue weighted by Gasteiger charge is -2.44. The number of anilines is 1. The summed E-state index contributed by atoms with van der Waals surface area (Å²) in [6.45, 7) is 6.08. The number of piperidine rings is 1. The molecule has 0 amide bonds. The van der Waals surface area contributed by atoms with Gasteiger partial charge in [-0.05, 0) is 22.8 Å². The number of likely N-dealkylation sites (tertiary alicyclic amines) is 1. The van der Waals surface area contributed by atoms with E-state index in [1.807, 2.05) is 18.2 Å². The molecule has 0 radical (unpaired) electrons. The molecule has 176 valence electrons. The Morgan fingerprint density at radius 1 is 0.912 bits per heavy atom. The van der Waals surface area contributed by atoms with Gasteiger partial charge in [-0.25, -0.2) is 0 Å². The van der Waals surface area contributed by atoms with Gasteiger partial charge in [0.05, 0.1) is 0 Å². The Labute approximate surface area is 202 Å². The van der Waals surface area contributed by atoms with Gasteiger partial charge in [0.15, 0.2) is 0 Å². The van der Waals surface area contributed by atoms with Gasteiger partial charge in [0, 0.05) is 58.2 Å². The molecule has 5 heteroatoms. The quantitative estimate of drug-likeness (QED) is 0.539. The first-order chi connectivity index (χ1) is 16.6. The molecule has 2 aliphatic heterocycles. The summed E-state index contributed by atoms with van der Waals surface area (Å²) in [7, 11) is 0. The molecular weight excluding hydrogens is 422 g/mol. The third-order valence-electron chi connectivity index (χ3n) is 7.17. The average Bonchev–Trinajstić information content (AvgIpc) is 2.89. The van der Waals surface area contributed by atoms with Gasteiger partial charge >= 0.3 is 5.97 Å². The molecule has 2 heterocycles. The highest BCUT2D eigenvalue weighted by Gasteiger charge is 2.39. The van der Waals surface area contributed by atoms with Crippen molar-refractivity contribution >= 4 is 11.7 Å². The van der Waals surface area contributed by atoms with Gasteiger partial charge in [0.2, 0.25) is 0 Å². The van der Waals surface area contributed by atoms with Crippen LogP contribution in [0.4, 0.5) is 5.69 Å². The number of hydrogen-bond acceptors (Lipinski definition) is 5. The van der Waals surface area contributed by atoms with E-state index in [-0.39, 0.29) is 12.1 Å². The Morgan fingerprint density at radius 2 is 1.56 bits per heavy atom. The van der Waals surface area contributed by atoms with Crippen LogP contribution in [-0.2, 0) is 21.7 Å². The Kier molecular flexibility index (Phi) is 6.66. The SMILES string of the molecule is CC(=O)OC1(c2ccccc2)CCN(CCN2c3ccccc3CNC2c2ccccc2)CC1. The lowest BCUT2D eigenvalue weighted by atomic mass is 9.84. The first kappa shape index (κ1) is 22.6. The second kappa shape index (κ2) is 10.00. The first-order valence-corrected chi connectivity index (χ1v) is 12.2. The largest absolute Gasteiger partial charge is 0.454 e. The van der Waals surface area contributed by atoms with Crippen LogP contribution in [-0.4, -0.2) is 37.0 Å². The fourth-order valence-corrected chi connectivity index (χ4v) is 5.43. The standard InChI is InChI=1S/C29H33N3O2/c1-23(33)34-29(26-13-6-3-7-14-26)16-18-31(19-17-29)20-21-32-27-15-9-8-12-25(27)22-30-28(32)24-10-4-2-5-11-24/h2-15,28,30H,16-22H2,1H3. The van der Waals surface area contributed by atoms with Crippen LogP contribution in [0.5, 0.6) is 0 Å². The van der Waals surface area contributed by atoms with Gasteiger partial charge in [-0.1, -0.05) is 78.9 Å². The van der Waals surface area contributed by atoms with Crippen molar-refractivity contribution < 1.29 is 9.53 Å². The summed E-state index contributed by atoms with van der Waals surface area (Å²) in [5.74, 6) is -0.209. The minimum absolute atomic E-state index is 0.158. The van der Waals surface area contributed by atoms with Crippen molar-refractivity contribution in [3.63, 3.8) is 0 Å². The fraction of sp³-hybridized carbons (Fsp3) is 0.345. The molecule has 0 spiro atoms. The van der Waals surface area contributed by atoms with Gasteiger partial charge in [0.25, 0.3) is 0 Å². The molecule has 1 atom stereocenters. The summed E-state index contributed by atoms with van der Waals surface area (Å²) in [5.41, 5.74) is 4.52. The van der Waals surface area contributed by atoms with Crippen LogP contribution in [0.3, 0.4) is 0 Å². The third-order valence-corrected chi connectivity index (χ3v) is 7.17. The summed E-state index contributed by atoms with van der Waals surface area (Å²) in [4.78, 5) is 16.9. The molecule has 1 unspecified atom stereocenters. The number of rotatable bonds is 6. The topological polar surface area (TPSA) is 44.8 Å². The number of para-hydroxylation sites is 1. The number of hydrogen-bond donors (Lipinski definition) is 1. The molecular formula is C29H33N3O2. The Morgan fingerprint density at radius 3 is 2.26 bits per heavy atom. The molecule has 1 fully saturated rings. The normalized spacial score (nSPS) is 19.9. The molecule has 1 N–H and O–H groups in total. The van der Waals surface area contributed by atoms with Gasteiger partial charge in [-0.15, -0.1) is 0 Å². The predicted octanol–water partition coefficient (Wildman–Crippen LogP) is 4.85. The van der Waals surface area contributed by atoms with E-state index in [0.29, 0.717) is 0 Å². The van der Waals surface area contributed by atoms with E-state index in [9.17, 15) is 4.79 Å². The highest BCUT2D eigenvalue weighted by Crippen LogP contribution is 2.37. The third kappa shape index (κ3) is 4.72. The van der Waals surface area contributed by atoms with Gasteiger partial charge in [0.1, 0.15) is 11.8 Å². The fourth-order valence-electron chi connectivity index (χ4n) is 5.43. The van der Waals surface area contributed by atoms with Crippen molar-refractivity contribution in [2.75, 3.05) is 31.1 Å². The summed E-state index contributed by atoms with van der Waals surface area (Å²) in [6.07, 6.45) is 1.78. The van der Waals surface area contributed by atoms with Crippen LogP contribution < -0.4 is 10.2 Å². The van der Waals surface area contributed by atoms with E-state index in [0.717, 1.165) is 51.1 Å².